The third-order valence-electron chi connectivity index (χ3n) is 6.92. The Morgan fingerprint density at radius 1 is 1.11 bits per heavy atom. The van der Waals surface area contributed by atoms with Gasteiger partial charge in [0.25, 0.3) is 5.91 Å². The number of aliphatic hydroxyl groups excluding tert-OH is 1. The van der Waals surface area contributed by atoms with E-state index >= 15 is 0 Å². The number of nitrogens with zero attached hydrogens (tertiary/aromatic N) is 2. The maximum Gasteiger partial charge on any atom is 0.413 e. The van der Waals surface area contributed by atoms with Gasteiger partial charge in [-0.25, -0.2) is 9.78 Å². The zero-order valence-electron chi connectivity index (χ0n) is 21.1. The van der Waals surface area contributed by atoms with Crippen LogP contribution in [0.15, 0.2) is 48.7 Å². The van der Waals surface area contributed by atoms with Crippen LogP contribution < -0.4 is 20.9 Å². The molecule has 1 fully saturated rings. The van der Waals surface area contributed by atoms with E-state index in [0.29, 0.717) is 17.9 Å². The van der Waals surface area contributed by atoms with Crippen molar-refractivity contribution in [3.05, 3.63) is 54.2 Å². The van der Waals surface area contributed by atoms with E-state index in [9.17, 15) is 14.4 Å². The first-order valence-electron chi connectivity index (χ1n) is 12.9. The van der Waals surface area contributed by atoms with E-state index in [0.717, 1.165) is 37.7 Å². The smallest absolute Gasteiger partial charge is 0.413 e. The molecule has 1 aromatic heterocycles. The molecule has 2 aromatic rings. The fourth-order valence-corrected chi connectivity index (χ4v) is 5.01. The third-order valence-corrected chi connectivity index (χ3v) is 6.92. The molecule has 0 saturated heterocycles. The van der Waals surface area contributed by atoms with Crippen LogP contribution in [0.25, 0.3) is 0 Å². The van der Waals surface area contributed by atoms with Crippen LogP contribution in [0.3, 0.4) is 0 Å². The number of nitrogens with one attached hydrogen (secondary N) is 3. The third kappa shape index (κ3) is 6.64. The van der Waals surface area contributed by atoms with E-state index in [1.54, 1.807) is 43.5 Å². The van der Waals surface area contributed by atoms with Gasteiger partial charge in [-0.3, -0.25) is 19.8 Å². The van der Waals surface area contributed by atoms with E-state index in [1.165, 1.54) is 4.90 Å². The molecule has 10 heteroatoms. The van der Waals surface area contributed by atoms with Gasteiger partial charge in [-0.15, -0.1) is 0 Å². The van der Waals surface area contributed by atoms with Crippen LogP contribution in [-0.4, -0.2) is 59.5 Å². The highest BCUT2D eigenvalue weighted by molar-refractivity contribution is 6.01. The summed E-state index contributed by atoms with van der Waals surface area (Å²) in [5, 5.41) is 17.7. The highest BCUT2D eigenvalue weighted by Gasteiger charge is 2.43. The van der Waals surface area contributed by atoms with E-state index in [1.807, 2.05) is 12.1 Å². The van der Waals surface area contributed by atoms with Crippen molar-refractivity contribution in [2.75, 3.05) is 23.4 Å². The lowest BCUT2D eigenvalue weighted by Gasteiger charge is -2.35. The number of amides is 3. The highest BCUT2D eigenvalue weighted by atomic mass is 16.6. The molecule has 1 aliphatic heterocycles. The Balaban J connectivity index is 1.56. The van der Waals surface area contributed by atoms with Gasteiger partial charge in [-0.2, -0.15) is 0 Å². The second-order valence-electron chi connectivity index (χ2n) is 9.53. The summed E-state index contributed by atoms with van der Waals surface area (Å²) in [5.74, 6) is -0.269. The largest absolute Gasteiger partial charge is 0.424 e. The molecule has 2 heterocycles. The number of aromatic nitrogens is 1. The SMILES string of the molecule is C[C@H](NCCO)C(=O)N[C@H](C(=O)N1c2ncccc2C[C@@H]1OC(=O)Nc1ccccc1)C1CCCCC1. The fraction of sp³-hybridized carbons (Fsp3) is 0.481. The Bertz CT molecular complexity index is 1080. The Labute approximate surface area is 216 Å². The molecule has 10 nitrogen and oxygen atoms in total. The molecule has 0 spiro atoms. The summed E-state index contributed by atoms with van der Waals surface area (Å²) in [5.41, 5.74) is 1.37. The standard InChI is InChI=1S/C27H35N5O5/c1-18(28-15-16-33)25(34)31-23(19-9-4-2-5-10-19)26(35)32-22(17-20-11-8-14-29-24(20)32)37-27(36)30-21-12-6-3-7-13-21/h3,6-8,11-14,18-19,22-23,28,33H,2,4-5,9-10,15-17H2,1H3,(H,30,36)(H,31,34)/t18-,22-,23-/m0/s1. The van der Waals surface area contributed by atoms with Crippen molar-refractivity contribution >= 4 is 29.4 Å². The average Bonchev–Trinajstić information content (AvgIpc) is 3.28. The normalized spacial score (nSPS) is 19.0. The number of benzene rings is 1. The Morgan fingerprint density at radius 3 is 2.59 bits per heavy atom. The van der Waals surface area contributed by atoms with Crippen molar-refractivity contribution in [1.82, 2.24) is 15.6 Å². The molecular weight excluding hydrogens is 474 g/mol. The van der Waals surface area contributed by atoms with Crippen molar-refractivity contribution in [2.24, 2.45) is 5.92 Å². The number of fused-ring (bicyclic) bond motifs is 1. The molecule has 4 rings (SSSR count). The van der Waals surface area contributed by atoms with E-state index < -0.39 is 24.4 Å². The summed E-state index contributed by atoms with van der Waals surface area (Å²) < 4.78 is 5.74. The summed E-state index contributed by atoms with van der Waals surface area (Å²) in [6.45, 7) is 1.87. The van der Waals surface area contributed by atoms with Gasteiger partial charge >= 0.3 is 6.09 Å². The molecule has 1 aromatic carbocycles. The quantitative estimate of drug-likeness (QED) is 0.408. The highest BCUT2D eigenvalue weighted by Crippen LogP contribution is 2.34. The number of carbonyl (C=O) groups excluding carboxylic acids is 3. The number of pyridine rings is 1. The lowest BCUT2D eigenvalue weighted by molar-refractivity contribution is -0.131. The molecule has 0 unspecified atom stereocenters. The molecule has 2 aliphatic rings. The summed E-state index contributed by atoms with van der Waals surface area (Å²) in [6, 6.07) is 11.2. The van der Waals surface area contributed by atoms with Crippen molar-refractivity contribution in [2.45, 2.75) is 63.8 Å². The van der Waals surface area contributed by atoms with Crippen LogP contribution >= 0.6 is 0 Å². The zero-order valence-corrected chi connectivity index (χ0v) is 21.1. The number of rotatable bonds is 9. The lowest BCUT2D eigenvalue weighted by atomic mass is 9.83. The lowest BCUT2D eigenvalue weighted by Crippen LogP contribution is -2.58. The number of carbonyl (C=O) groups is 3. The van der Waals surface area contributed by atoms with Gasteiger partial charge in [0, 0.05) is 30.4 Å². The monoisotopic (exact) mass is 509 g/mol. The molecule has 3 amide bonds. The predicted molar refractivity (Wildman–Crippen MR) is 139 cm³/mol. The number of ether oxygens (including phenoxy) is 1. The van der Waals surface area contributed by atoms with Gasteiger partial charge in [0.15, 0.2) is 6.23 Å². The fourth-order valence-electron chi connectivity index (χ4n) is 5.01. The molecule has 0 radical (unpaired) electrons. The molecule has 3 atom stereocenters. The molecule has 198 valence electrons. The van der Waals surface area contributed by atoms with E-state index in [4.69, 9.17) is 9.84 Å². The molecule has 37 heavy (non-hydrogen) atoms. The summed E-state index contributed by atoms with van der Waals surface area (Å²) in [4.78, 5) is 45.7. The molecule has 0 bridgehead atoms. The van der Waals surface area contributed by atoms with Gasteiger partial charge in [0.1, 0.15) is 11.9 Å². The van der Waals surface area contributed by atoms with Crippen molar-refractivity contribution < 1.29 is 24.2 Å². The number of para-hydroxylation sites is 1. The van der Waals surface area contributed by atoms with E-state index in [2.05, 4.69) is 20.9 Å². The van der Waals surface area contributed by atoms with Gasteiger partial charge < -0.3 is 20.5 Å². The summed E-state index contributed by atoms with van der Waals surface area (Å²) in [7, 11) is 0. The topological polar surface area (TPSA) is 133 Å². The predicted octanol–water partition coefficient (Wildman–Crippen LogP) is 2.58. The van der Waals surface area contributed by atoms with Gasteiger partial charge in [0.2, 0.25) is 5.91 Å². The Morgan fingerprint density at radius 2 is 1.86 bits per heavy atom. The van der Waals surface area contributed by atoms with Crippen molar-refractivity contribution in [3.8, 4) is 0 Å². The molecular formula is C27H35N5O5. The zero-order chi connectivity index (χ0) is 26.2. The van der Waals surface area contributed by atoms with E-state index in [-0.39, 0.29) is 30.9 Å². The number of hydrogen-bond acceptors (Lipinski definition) is 7. The van der Waals surface area contributed by atoms with Crippen molar-refractivity contribution in [1.29, 1.82) is 0 Å². The van der Waals surface area contributed by atoms with Crippen LogP contribution in [0.1, 0.15) is 44.6 Å². The Kier molecular flexibility index (Phi) is 9.08. The molecule has 1 saturated carbocycles. The molecule has 1 aliphatic carbocycles. The number of hydrogen-bond donors (Lipinski definition) is 4. The second kappa shape index (κ2) is 12.6. The first kappa shape index (κ1) is 26.6. The second-order valence-corrected chi connectivity index (χ2v) is 9.53. The van der Waals surface area contributed by atoms with Gasteiger partial charge in [0.05, 0.1) is 12.6 Å². The number of anilines is 2. The van der Waals surface area contributed by atoms with Gasteiger partial charge in [-0.05, 0) is 43.9 Å². The minimum Gasteiger partial charge on any atom is -0.424 e. The summed E-state index contributed by atoms with van der Waals surface area (Å²) in [6.07, 6.45) is 5.02. The molecule has 4 N–H and O–H groups in total. The minimum absolute atomic E-state index is 0.0400. The summed E-state index contributed by atoms with van der Waals surface area (Å²) >= 11 is 0. The van der Waals surface area contributed by atoms with Crippen LogP contribution in [-0.2, 0) is 20.7 Å². The maximum atomic E-state index is 14.1. The van der Waals surface area contributed by atoms with Crippen molar-refractivity contribution in [3.63, 3.8) is 0 Å². The minimum atomic E-state index is -0.894. The van der Waals surface area contributed by atoms with Gasteiger partial charge in [-0.1, -0.05) is 43.5 Å². The maximum absolute atomic E-state index is 14.1. The number of aliphatic hydroxyl groups is 1. The van der Waals surface area contributed by atoms with Crippen LogP contribution in [0.5, 0.6) is 0 Å². The van der Waals surface area contributed by atoms with Crippen LogP contribution in [0.2, 0.25) is 0 Å². The first-order valence-corrected chi connectivity index (χ1v) is 12.9. The van der Waals surface area contributed by atoms with Crippen LogP contribution in [0.4, 0.5) is 16.3 Å². The first-order chi connectivity index (χ1) is 18.0. The average molecular weight is 510 g/mol. The Hall–Kier alpha value is -3.50. The van der Waals surface area contributed by atoms with Crippen LogP contribution in [0, 0.1) is 5.92 Å².